The number of hydrogen-bond acceptors (Lipinski definition) is 4. The summed E-state index contributed by atoms with van der Waals surface area (Å²) >= 11 is 0. The Bertz CT molecular complexity index is 647. The van der Waals surface area contributed by atoms with Crippen molar-refractivity contribution in [3.8, 4) is 0 Å². The highest BCUT2D eigenvalue weighted by Gasteiger charge is 2.32. The molecule has 1 atom stereocenters. The van der Waals surface area contributed by atoms with Crippen LogP contribution in [-0.2, 0) is 9.59 Å². The van der Waals surface area contributed by atoms with E-state index in [1.54, 1.807) is 0 Å². The normalized spacial score (nSPS) is 17.4. The van der Waals surface area contributed by atoms with E-state index in [2.05, 4.69) is 5.32 Å². The monoisotopic (exact) mass is 309 g/mol. The maximum atomic E-state index is 14.3. The van der Waals surface area contributed by atoms with E-state index in [1.165, 1.54) is 18.7 Å². The fourth-order valence-electron chi connectivity index (χ4n) is 2.74. The summed E-state index contributed by atoms with van der Waals surface area (Å²) in [5.74, 6) is -1.40. The van der Waals surface area contributed by atoms with Crippen LogP contribution in [0.1, 0.15) is 38.3 Å². The first-order valence-corrected chi connectivity index (χ1v) is 6.84. The minimum atomic E-state index is -0.679. The van der Waals surface area contributed by atoms with Gasteiger partial charge in [-0.25, -0.2) is 4.39 Å². The summed E-state index contributed by atoms with van der Waals surface area (Å²) in [6, 6.07) is 1.53. The predicted molar refractivity (Wildman–Crippen MR) is 76.7 cm³/mol. The smallest absolute Gasteiger partial charge is 0.293 e. The summed E-state index contributed by atoms with van der Waals surface area (Å²) in [5.41, 5.74) is -0.471. The van der Waals surface area contributed by atoms with Crippen molar-refractivity contribution in [3.63, 3.8) is 0 Å². The summed E-state index contributed by atoms with van der Waals surface area (Å²) in [5, 5.41) is 13.4. The van der Waals surface area contributed by atoms with Gasteiger partial charge in [0.05, 0.1) is 11.0 Å². The second kappa shape index (κ2) is 6.08. The van der Waals surface area contributed by atoms with Gasteiger partial charge in [-0.1, -0.05) is 0 Å². The van der Waals surface area contributed by atoms with Crippen molar-refractivity contribution >= 4 is 23.2 Å². The number of nitro benzene ring substituents is 1. The minimum Gasteiger partial charge on any atom is -0.336 e. The number of nitrogens with one attached hydrogen (secondary N) is 1. The van der Waals surface area contributed by atoms with Crippen LogP contribution >= 0.6 is 0 Å². The number of rotatable bonds is 3. The lowest BCUT2D eigenvalue weighted by atomic mass is 10.0. The average Bonchev–Trinajstić information content (AvgIpc) is 2.86. The fraction of sp³-hybridized carbons (Fsp3) is 0.429. The van der Waals surface area contributed by atoms with Gasteiger partial charge in [-0.15, -0.1) is 0 Å². The van der Waals surface area contributed by atoms with Crippen LogP contribution in [0.5, 0.6) is 0 Å². The Labute approximate surface area is 126 Å². The first kappa shape index (κ1) is 15.9. The molecule has 7 nitrogen and oxygen atoms in total. The number of amides is 2. The predicted octanol–water partition coefficient (Wildman–Crippen LogP) is 2.38. The van der Waals surface area contributed by atoms with Gasteiger partial charge in [0.2, 0.25) is 11.8 Å². The molecular weight excluding hydrogens is 293 g/mol. The van der Waals surface area contributed by atoms with Gasteiger partial charge in [0.1, 0.15) is 11.5 Å². The number of carbonyl (C=O) groups is 2. The van der Waals surface area contributed by atoms with Crippen molar-refractivity contribution in [2.75, 3.05) is 11.9 Å². The molecule has 1 aliphatic rings. The number of likely N-dealkylation sites (tertiary alicyclic amines) is 1. The largest absolute Gasteiger partial charge is 0.336 e. The third kappa shape index (κ3) is 3.05. The molecule has 0 spiro atoms. The molecular formula is C14H16FN3O4. The lowest BCUT2D eigenvalue weighted by molar-refractivity contribution is -0.384. The number of carbonyl (C=O) groups excluding carboxylic acids is 2. The Balaban J connectivity index is 2.49. The number of nitro groups is 1. The van der Waals surface area contributed by atoms with Crippen molar-refractivity contribution in [1.29, 1.82) is 0 Å². The Kier molecular flexibility index (Phi) is 4.39. The second-order valence-corrected chi connectivity index (χ2v) is 5.20. The topological polar surface area (TPSA) is 92.6 Å². The van der Waals surface area contributed by atoms with Gasteiger partial charge in [0.15, 0.2) is 0 Å². The standard InChI is InChI=1S/C14H16FN3O4/c1-8(19)16-12-7-11(15)10(6-14(12)18(21)22)13-4-3-5-17(13)9(2)20/h6-7,13H,3-5H2,1-2H3,(H,16,19). The molecule has 0 saturated carbocycles. The zero-order valence-corrected chi connectivity index (χ0v) is 12.3. The molecule has 0 bridgehead atoms. The molecule has 1 unspecified atom stereocenters. The maximum Gasteiger partial charge on any atom is 0.293 e. The summed E-state index contributed by atoms with van der Waals surface area (Å²) in [7, 11) is 0. The van der Waals surface area contributed by atoms with Crippen molar-refractivity contribution in [2.24, 2.45) is 0 Å². The molecule has 1 aliphatic heterocycles. The SMILES string of the molecule is CC(=O)Nc1cc(F)c(C2CCCN2C(C)=O)cc1[N+](=O)[O-]. The number of anilines is 1. The van der Waals surface area contributed by atoms with E-state index in [0.717, 1.165) is 12.1 Å². The molecule has 1 aromatic rings. The number of halogens is 1. The highest BCUT2D eigenvalue weighted by Crippen LogP contribution is 2.37. The highest BCUT2D eigenvalue weighted by molar-refractivity contribution is 5.91. The Morgan fingerprint density at radius 3 is 2.64 bits per heavy atom. The van der Waals surface area contributed by atoms with Crippen LogP contribution in [0.4, 0.5) is 15.8 Å². The third-order valence-electron chi connectivity index (χ3n) is 3.64. The van der Waals surface area contributed by atoms with Crippen LogP contribution in [0.25, 0.3) is 0 Å². The van der Waals surface area contributed by atoms with Gasteiger partial charge in [-0.05, 0) is 12.8 Å². The Morgan fingerprint density at radius 2 is 2.09 bits per heavy atom. The maximum absolute atomic E-state index is 14.3. The molecule has 1 saturated heterocycles. The fourth-order valence-corrected chi connectivity index (χ4v) is 2.74. The molecule has 1 N–H and O–H groups in total. The molecule has 118 valence electrons. The van der Waals surface area contributed by atoms with Gasteiger partial charge in [-0.3, -0.25) is 19.7 Å². The zero-order chi connectivity index (χ0) is 16.4. The van der Waals surface area contributed by atoms with Crippen LogP contribution < -0.4 is 5.32 Å². The third-order valence-corrected chi connectivity index (χ3v) is 3.64. The van der Waals surface area contributed by atoms with Crippen molar-refractivity contribution < 1.29 is 18.9 Å². The first-order chi connectivity index (χ1) is 10.3. The van der Waals surface area contributed by atoms with E-state index in [4.69, 9.17) is 0 Å². The molecule has 1 aromatic carbocycles. The van der Waals surface area contributed by atoms with Crippen LogP contribution in [0.2, 0.25) is 0 Å². The van der Waals surface area contributed by atoms with E-state index >= 15 is 0 Å². The van der Waals surface area contributed by atoms with E-state index in [0.29, 0.717) is 19.4 Å². The van der Waals surface area contributed by atoms with E-state index in [9.17, 15) is 24.1 Å². The van der Waals surface area contributed by atoms with Crippen molar-refractivity contribution in [3.05, 3.63) is 33.6 Å². The molecule has 0 aromatic heterocycles. The van der Waals surface area contributed by atoms with Crippen LogP contribution in [0, 0.1) is 15.9 Å². The zero-order valence-electron chi connectivity index (χ0n) is 12.3. The van der Waals surface area contributed by atoms with Crippen LogP contribution in [0.3, 0.4) is 0 Å². The highest BCUT2D eigenvalue weighted by atomic mass is 19.1. The van der Waals surface area contributed by atoms with Crippen molar-refractivity contribution in [2.45, 2.75) is 32.7 Å². The lowest BCUT2D eigenvalue weighted by Gasteiger charge is -2.24. The number of nitrogens with zero attached hydrogens (tertiary/aromatic N) is 2. The van der Waals surface area contributed by atoms with Gasteiger partial charge in [0.25, 0.3) is 5.69 Å². The van der Waals surface area contributed by atoms with Crippen LogP contribution in [0.15, 0.2) is 12.1 Å². The molecule has 1 fully saturated rings. The molecule has 2 amide bonds. The van der Waals surface area contributed by atoms with Gasteiger partial charge < -0.3 is 10.2 Å². The van der Waals surface area contributed by atoms with E-state index in [-0.39, 0.29) is 22.8 Å². The first-order valence-electron chi connectivity index (χ1n) is 6.84. The quantitative estimate of drug-likeness (QED) is 0.685. The molecule has 0 radical (unpaired) electrons. The molecule has 1 heterocycles. The number of benzene rings is 1. The molecule has 0 aliphatic carbocycles. The summed E-state index contributed by atoms with van der Waals surface area (Å²) in [4.78, 5) is 34.6. The summed E-state index contributed by atoms with van der Waals surface area (Å²) in [6.45, 7) is 3.07. The molecule has 22 heavy (non-hydrogen) atoms. The lowest BCUT2D eigenvalue weighted by Crippen LogP contribution is -2.28. The molecule has 8 heteroatoms. The second-order valence-electron chi connectivity index (χ2n) is 5.20. The summed E-state index contributed by atoms with van der Waals surface area (Å²) < 4.78 is 14.3. The van der Waals surface area contributed by atoms with Gasteiger partial charge >= 0.3 is 0 Å². The van der Waals surface area contributed by atoms with E-state index < -0.39 is 22.7 Å². The minimum absolute atomic E-state index is 0.105. The average molecular weight is 309 g/mol. The summed E-state index contributed by atoms with van der Waals surface area (Å²) in [6.07, 6.45) is 1.26. The van der Waals surface area contributed by atoms with Gasteiger partial charge in [0, 0.05) is 38.1 Å². The Morgan fingerprint density at radius 1 is 1.41 bits per heavy atom. The number of hydrogen-bond donors (Lipinski definition) is 1. The Hall–Kier alpha value is -2.51. The van der Waals surface area contributed by atoms with Gasteiger partial charge in [-0.2, -0.15) is 0 Å². The van der Waals surface area contributed by atoms with E-state index in [1.807, 2.05) is 0 Å². The van der Waals surface area contributed by atoms with Crippen LogP contribution in [-0.4, -0.2) is 28.2 Å². The van der Waals surface area contributed by atoms with Crippen molar-refractivity contribution in [1.82, 2.24) is 4.90 Å². The molecule has 2 rings (SSSR count).